The lowest BCUT2D eigenvalue weighted by atomic mass is 9.89. The third kappa shape index (κ3) is 2.15. The predicted octanol–water partition coefficient (Wildman–Crippen LogP) is -0.350. The maximum atomic E-state index is 12.3. The van der Waals surface area contributed by atoms with Crippen LogP contribution < -0.4 is 11.1 Å². The second kappa shape index (κ2) is 4.73. The third-order valence-corrected chi connectivity index (χ3v) is 4.58. The molecule has 2 rings (SSSR count). The first-order valence-electron chi connectivity index (χ1n) is 6.75. The van der Waals surface area contributed by atoms with Gasteiger partial charge in [0.15, 0.2) is 0 Å². The third-order valence-electron chi connectivity index (χ3n) is 4.58. The van der Waals surface area contributed by atoms with Gasteiger partial charge in [-0.3, -0.25) is 9.59 Å². The summed E-state index contributed by atoms with van der Waals surface area (Å²) in [5, 5.41) is 20.6. The number of nitrogens with two attached hydrogens (primary N) is 1. The Morgan fingerprint density at radius 2 is 1.90 bits per heavy atom. The van der Waals surface area contributed by atoms with Crippen LogP contribution in [0.5, 0.6) is 0 Å². The average Bonchev–Trinajstić information content (AvgIpc) is 2.98. The minimum atomic E-state index is -1.25. The number of carbonyl (C=O) groups excluding carboxylic acids is 1. The summed E-state index contributed by atoms with van der Waals surface area (Å²) >= 11 is 0. The lowest BCUT2D eigenvalue weighted by Gasteiger charge is -2.28. The molecule has 0 aromatic rings. The number of carboxylic acids is 2. The average molecular weight is 284 g/mol. The summed E-state index contributed by atoms with van der Waals surface area (Å²) in [6.45, 7) is 3.38. The summed E-state index contributed by atoms with van der Waals surface area (Å²) < 4.78 is 0. The highest BCUT2D eigenvalue weighted by Gasteiger charge is 2.69. The van der Waals surface area contributed by atoms with Crippen LogP contribution in [0.2, 0.25) is 0 Å². The van der Waals surface area contributed by atoms with E-state index in [-0.39, 0.29) is 17.8 Å². The fourth-order valence-corrected chi connectivity index (χ4v) is 3.40. The number of nitrogens with one attached hydrogen (secondary N) is 1. The number of hydrogen-bond acceptors (Lipinski definition) is 4. The van der Waals surface area contributed by atoms with Crippen LogP contribution in [-0.2, 0) is 14.4 Å². The van der Waals surface area contributed by atoms with Crippen LogP contribution in [0, 0.1) is 23.7 Å². The van der Waals surface area contributed by atoms with Gasteiger partial charge in [0.2, 0.25) is 5.91 Å². The van der Waals surface area contributed by atoms with Crippen LogP contribution in [0.25, 0.3) is 0 Å². The van der Waals surface area contributed by atoms with Crippen molar-refractivity contribution in [2.75, 3.05) is 0 Å². The van der Waals surface area contributed by atoms with Gasteiger partial charge in [0.1, 0.15) is 6.04 Å². The van der Waals surface area contributed by atoms with Gasteiger partial charge in [-0.25, -0.2) is 4.79 Å². The zero-order valence-corrected chi connectivity index (χ0v) is 11.5. The first-order valence-corrected chi connectivity index (χ1v) is 6.75. The predicted molar refractivity (Wildman–Crippen MR) is 68.7 cm³/mol. The fraction of sp³-hybridized carbons (Fsp3) is 0.769. The molecule has 7 heteroatoms. The molecule has 0 aromatic carbocycles. The summed E-state index contributed by atoms with van der Waals surface area (Å²) in [7, 11) is 0. The Balaban J connectivity index is 2.09. The van der Waals surface area contributed by atoms with E-state index >= 15 is 0 Å². The van der Waals surface area contributed by atoms with Gasteiger partial charge in [0.25, 0.3) is 0 Å². The van der Waals surface area contributed by atoms with Crippen LogP contribution >= 0.6 is 0 Å². The normalized spacial score (nSPS) is 36.3. The molecule has 20 heavy (non-hydrogen) atoms. The molecule has 5 N–H and O–H groups in total. The van der Waals surface area contributed by atoms with Crippen molar-refractivity contribution >= 4 is 17.8 Å². The quantitative estimate of drug-likeness (QED) is 0.546. The number of fused-ring (bicyclic) bond motifs is 1. The Morgan fingerprint density at radius 3 is 2.30 bits per heavy atom. The minimum Gasteiger partial charge on any atom is -0.481 e. The van der Waals surface area contributed by atoms with Gasteiger partial charge in [-0.05, 0) is 24.7 Å². The number of rotatable bonds is 5. The van der Waals surface area contributed by atoms with Crippen molar-refractivity contribution in [3.8, 4) is 0 Å². The first kappa shape index (κ1) is 14.8. The SMILES string of the molecule is CC(C)[C@H](NC(=O)[C@]1(N)CC[C@H]2[C@H](C(=O)O)[C@H]21)C(=O)O. The summed E-state index contributed by atoms with van der Waals surface area (Å²) in [5.74, 6) is -3.85. The molecule has 1 amide bonds. The van der Waals surface area contributed by atoms with Gasteiger partial charge >= 0.3 is 11.9 Å². The number of aliphatic carboxylic acids is 2. The van der Waals surface area contributed by atoms with Gasteiger partial charge < -0.3 is 21.3 Å². The molecule has 0 saturated heterocycles. The molecule has 0 aliphatic heterocycles. The molecule has 0 spiro atoms. The molecule has 2 saturated carbocycles. The fourth-order valence-electron chi connectivity index (χ4n) is 3.40. The van der Waals surface area contributed by atoms with Crippen molar-refractivity contribution in [3.05, 3.63) is 0 Å². The second-order valence-electron chi connectivity index (χ2n) is 6.17. The topological polar surface area (TPSA) is 130 Å². The van der Waals surface area contributed by atoms with Crippen molar-refractivity contribution in [2.24, 2.45) is 29.4 Å². The van der Waals surface area contributed by atoms with E-state index in [1.807, 2.05) is 0 Å². The molecule has 7 nitrogen and oxygen atoms in total. The monoisotopic (exact) mass is 284 g/mol. The molecule has 0 radical (unpaired) electrons. The van der Waals surface area contributed by atoms with E-state index in [4.69, 9.17) is 15.9 Å². The van der Waals surface area contributed by atoms with Crippen molar-refractivity contribution < 1.29 is 24.6 Å². The number of hydrogen-bond donors (Lipinski definition) is 4. The molecule has 2 aliphatic carbocycles. The van der Waals surface area contributed by atoms with Crippen molar-refractivity contribution in [1.82, 2.24) is 5.32 Å². The molecule has 0 unspecified atom stereocenters. The lowest BCUT2D eigenvalue weighted by molar-refractivity contribution is -0.145. The minimum absolute atomic E-state index is 0.0504. The van der Waals surface area contributed by atoms with Gasteiger partial charge in [-0.15, -0.1) is 0 Å². The van der Waals surface area contributed by atoms with Crippen molar-refractivity contribution in [3.63, 3.8) is 0 Å². The van der Waals surface area contributed by atoms with Gasteiger partial charge in [0, 0.05) is 5.92 Å². The van der Waals surface area contributed by atoms with E-state index in [0.717, 1.165) is 0 Å². The van der Waals surface area contributed by atoms with Crippen LogP contribution in [0.4, 0.5) is 0 Å². The van der Waals surface area contributed by atoms with E-state index in [1.54, 1.807) is 13.8 Å². The van der Waals surface area contributed by atoms with E-state index in [0.29, 0.717) is 12.8 Å². The highest BCUT2D eigenvalue weighted by atomic mass is 16.4. The standard InChI is InChI=1S/C13H20N2O5/c1-5(2)9(11(18)19)15-12(20)13(14)4-3-6-7(8(6)13)10(16)17/h5-9H,3-4,14H2,1-2H3,(H,15,20)(H,16,17)(H,18,19)/t6-,7-,8-,9-,13-/m0/s1. The Bertz CT molecular complexity index is 464. The van der Waals surface area contributed by atoms with E-state index < -0.39 is 35.3 Å². The second-order valence-corrected chi connectivity index (χ2v) is 6.17. The van der Waals surface area contributed by atoms with Crippen LogP contribution in [-0.4, -0.2) is 39.6 Å². The van der Waals surface area contributed by atoms with E-state index in [1.165, 1.54) is 0 Å². The maximum Gasteiger partial charge on any atom is 0.326 e. The van der Waals surface area contributed by atoms with E-state index in [9.17, 15) is 14.4 Å². The molecule has 2 aliphatic rings. The van der Waals surface area contributed by atoms with Crippen LogP contribution in [0.15, 0.2) is 0 Å². The molecule has 2 fully saturated rings. The van der Waals surface area contributed by atoms with Gasteiger partial charge in [-0.1, -0.05) is 13.8 Å². The molecular formula is C13H20N2O5. The first-order chi connectivity index (χ1) is 9.20. The van der Waals surface area contributed by atoms with Gasteiger partial charge in [0.05, 0.1) is 11.5 Å². The smallest absolute Gasteiger partial charge is 0.326 e. The molecule has 0 heterocycles. The van der Waals surface area contributed by atoms with Gasteiger partial charge in [-0.2, -0.15) is 0 Å². The Morgan fingerprint density at radius 1 is 1.30 bits per heavy atom. The maximum absolute atomic E-state index is 12.3. The number of carboxylic acid groups (broad SMARTS) is 2. The molecule has 0 bridgehead atoms. The zero-order valence-electron chi connectivity index (χ0n) is 11.5. The molecular weight excluding hydrogens is 264 g/mol. The van der Waals surface area contributed by atoms with Crippen LogP contribution in [0.3, 0.4) is 0 Å². The molecule has 112 valence electrons. The Hall–Kier alpha value is -1.63. The lowest BCUT2D eigenvalue weighted by Crippen LogP contribution is -2.59. The Kier molecular flexibility index (Phi) is 3.49. The summed E-state index contributed by atoms with van der Waals surface area (Å²) in [4.78, 5) is 34.5. The number of amides is 1. The van der Waals surface area contributed by atoms with Crippen LogP contribution in [0.1, 0.15) is 26.7 Å². The number of carbonyl (C=O) groups is 3. The molecule has 5 atom stereocenters. The highest BCUT2D eigenvalue weighted by molar-refractivity contribution is 5.92. The highest BCUT2D eigenvalue weighted by Crippen LogP contribution is 2.61. The largest absolute Gasteiger partial charge is 0.481 e. The molecule has 0 aromatic heterocycles. The van der Waals surface area contributed by atoms with E-state index in [2.05, 4.69) is 5.32 Å². The summed E-state index contributed by atoms with van der Waals surface area (Å²) in [6, 6.07) is -1.01. The zero-order chi connectivity index (χ0) is 15.2. The Labute approximate surface area is 116 Å². The summed E-state index contributed by atoms with van der Waals surface area (Å²) in [5.41, 5.74) is 4.84. The summed E-state index contributed by atoms with van der Waals surface area (Å²) in [6.07, 6.45) is 1.01. The van der Waals surface area contributed by atoms with Crippen molar-refractivity contribution in [1.29, 1.82) is 0 Å². The van der Waals surface area contributed by atoms with Crippen molar-refractivity contribution in [2.45, 2.75) is 38.3 Å².